The molecule has 170 valence electrons. The Bertz CT molecular complexity index is 1320. The van der Waals surface area contributed by atoms with E-state index in [-0.39, 0.29) is 30.0 Å². The van der Waals surface area contributed by atoms with E-state index in [9.17, 15) is 9.59 Å². The minimum absolute atomic E-state index is 0.0923. The molecular weight excluding hydrogens is 446 g/mol. The summed E-state index contributed by atoms with van der Waals surface area (Å²) in [4.78, 5) is 27.4. The van der Waals surface area contributed by atoms with Gasteiger partial charge in [-0.2, -0.15) is 0 Å². The van der Waals surface area contributed by atoms with Crippen molar-refractivity contribution in [3.63, 3.8) is 0 Å². The van der Waals surface area contributed by atoms with E-state index in [1.54, 1.807) is 4.90 Å². The van der Waals surface area contributed by atoms with Crippen LogP contribution < -0.4 is 10.2 Å². The third-order valence-electron chi connectivity index (χ3n) is 5.63. The molecule has 3 aromatic carbocycles. The lowest BCUT2D eigenvalue weighted by Crippen LogP contribution is -2.40. The SMILES string of the molecule is CC1CC(=O)Nc2ccccc2N1C(=O)CSc1nnc(-c2ccccc2)n1-c1ccccc1. The van der Waals surface area contributed by atoms with Crippen molar-refractivity contribution >= 4 is 35.0 Å². The summed E-state index contributed by atoms with van der Waals surface area (Å²) in [5.74, 6) is 0.682. The van der Waals surface area contributed by atoms with Crippen LogP contribution in [-0.4, -0.2) is 38.4 Å². The highest BCUT2D eigenvalue weighted by atomic mass is 32.2. The van der Waals surface area contributed by atoms with Gasteiger partial charge in [-0.05, 0) is 31.2 Å². The van der Waals surface area contributed by atoms with Gasteiger partial charge in [-0.15, -0.1) is 10.2 Å². The van der Waals surface area contributed by atoms with Gasteiger partial charge in [-0.3, -0.25) is 14.2 Å². The van der Waals surface area contributed by atoms with Crippen molar-refractivity contribution in [2.75, 3.05) is 16.0 Å². The van der Waals surface area contributed by atoms with Crippen LogP contribution in [0.4, 0.5) is 11.4 Å². The smallest absolute Gasteiger partial charge is 0.237 e. The van der Waals surface area contributed by atoms with Gasteiger partial charge in [0.15, 0.2) is 11.0 Å². The first-order chi connectivity index (χ1) is 16.6. The molecule has 8 heteroatoms. The Hall–Kier alpha value is -3.91. The Balaban J connectivity index is 1.45. The van der Waals surface area contributed by atoms with E-state index < -0.39 is 0 Å². The van der Waals surface area contributed by atoms with Crippen LogP contribution in [0.2, 0.25) is 0 Å². The predicted octanol–water partition coefficient (Wildman–Crippen LogP) is 4.79. The van der Waals surface area contributed by atoms with Crippen molar-refractivity contribution in [1.82, 2.24) is 14.8 Å². The third-order valence-corrected chi connectivity index (χ3v) is 6.55. The van der Waals surface area contributed by atoms with Gasteiger partial charge in [0.1, 0.15) is 0 Å². The minimum Gasteiger partial charge on any atom is -0.324 e. The lowest BCUT2D eigenvalue weighted by Gasteiger charge is -2.27. The second kappa shape index (κ2) is 9.52. The van der Waals surface area contributed by atoms with Crippen LogP contribution in [0, 0.1) is 0 Å². The lowest BCUT2D eigenvalue weighted by molar-refractivity contribution is -0.117. The molecule has 1 aliphatic rings. The van der Waals surface area contributed by atoms with Crippen molar-refractivity contribution in [3.05, 3.63) is 84.9 Å². The number of nitrogens with one attached hydrogen (secondary N) is 1. The molecule has 1 unspecified atom stereocenters. The van der Waals surface area contributed by atoms with E-state index in [2.05, 4.69) is 15.5 Å². The molecule has 1 atom stereocenters. The van der Waals surface area contributed by atoms with Gasteiger partial charge >= 0.3 is 0 Å². The Morgan fingerprint density at radius 1 is 0.971 bits per heavy atom. The Morgan fingerprint density at radius 2 is 1.65 bits per heavy atom. The summed E-state index contributed by atoms with van der Waals surface area (Å²) in [5.41, 5.74) is 3.22. The Morgan fingerprint density at radius 3 is 2.41 bits per heavy atom. The summed E-state index contributed by atoms with van der Waals surface area (Å²) in [5, 5.41) is 12.4. The van der Waals surface area contributed by atoms with E-state index in [0.29, 0.717) is 22.4 Å². The second-order valence-electron chi connectivity index (χ2n) is 8.01. The number of thioether (sulfide) groups is 1. The Kier molecular flexibility index (Phi) is 6.14. The number of para-hydroxylation sites is 3. The van der Waals surface area contributed by atoms with E-state index in [1.807, 2.05) is 96.4 Å². The summed E-state index contributed by atoms with van der Waals surface area (Å²) >= 11 is 1.34. The molecular formula is C26H23N5O2S. The van der Waals surface area contributed by atoms with Crippen molar-refractivity contribution in [3.8, 4) is 17.1 Å². The maximum absolute atomic E-state index is 13.4. The number of hydrogen-bond acceptors (Lipinski definition) is 5. The van der Waals surface area contributed by atoms with Crippen LogP contribution in [0.15, 0.2) is 90.1 Å². The van der Waals surface area contributed by atoms with Gasteiger partial charge in [0.05, 0.1) is 17.1 Å². The molecule has 0 spiro atoms. The van der Waals surface area contributed by atoms with Crippen molar-refractivity contribution in [2.45, 2.75) is 24.5 Å². The number of rotatable bonds is 5. The van der Waals surface area contributed by atoms with Crippen molar-refractivity contribution < 1.29 is 9.59 Å². The van der Waals surface area contributed by atoms with Crippen LogP contribution in [0.25, 0.3) is 17.1 Å². The molecule has 1 aliphatic heterocycles. The molecule has 2 heterocycles. The maximum Gasteiger partial charge on any atom is 0.237 e. The number of anilines is 2. The summed E-state index contributed by atoms with van der Waals surface area (Å²) in [6.07, 6.45) is 0.240. The first kappa shape index (κ1) is 21.9. The maximum atomic E-state index is 13.4. The molecule has 0 saturated heterocycles. The fourth-order valence-electron chi connectivity index (χ4n) is 4.11. The van der Waals surface area contributed by atoms with E-state index in [1.165, 1.54) is 11.8 Å². The first-order valence-corrected chi connectivity index (χ1v) is 12.0. The predicted molar refractivity (Wildman–Crippen MR) is 134 cm³/mol. The normalized spacial score (nSPS) is 15.4. The zero-order valence-electron chi connectivity index (χ0n) is 18.6. The number of amides is 2. The van der Waals surface area contributed by atoms with Crippen molar-refractivity contribution in [2.24, 2.45) is 0 Å². The number of hydrogen-bond donors (Lipinski definition) is 1. The number of carbonyl (C=O) groups is 2. The molecule has 5 rings (SSSR count). The quantitative estimate of drug-likeness (QED) is 0.425. The van der Waals surface area contributed by atoms with Crippen LogP contribution >= 0.6 is 11.8 Å². The van der Waals surface area contributed by atoms with Gasteiger partial charge in [0.2, 0.25) is 11.8 Å². The average Bonchev–Trinajstić information content (AvgIpc) is 3.23. The lowest BCUT2D eigenvalue weighted by atomic mass is 10.2. The fraction of sp³-hybridized carbons (Fsp3) is 0.154. The Labute approximate surface area is 201 Å². The zero-order valence-corrected chi connectivity index (χ0v) is 19.4. The molecule has 7 nitrogen and oxygen atoms in total. The molecule has 1 N–H and O–H groups in total. The van der Waals surface area contributed by atoms with E-state index in [4.69, 9.17) is 0 Å². The number of aromatic nitrogens is 3. The summed E-state index contributed by atoms with van der Waals surface area (Å²) in [6.45, 7) is 1.89. The highest BCUT2D eigenvalue weighted by Gasteiger charge is 2.30. The molecule has 0 radical (unpaired) electrons. The minimum atomic E-state index is -0.261. The largest absolute Gasteiger partial charge is 0.324 e. The highest BCUT2D eigenvalue weighted by molar-refractivity contribution is 7.99. The van der Waals surface area contributed by atoms with Gasteiger partial charge in [-0.25, -0.2) is 0 Å². The molecule has 4 aromatic rings. The van der Waals surface area contributed by atoms with Gasteiger partial charge in [0.25, 0.3) is 0 Å². The van der Waals surface area contributed by atoms with Gasteiger partial charge in [-0.1, -0.05) is 72.4 Å². The van der Waals surface area contributed by atoms with Gasteiger partial charge < -0.3 is 10.2 Å². The standard InChI is InChI=1S/C26H23N5O2S/c1-18-16-23(32)27-21-14-8-9-15-22(21)30(18)24(33)17-34-26-29-28-25(19-10-4-2-5-11-19)31(26)20-12-6-3-7-13-20/h2-15,18H,16-17H2,1H3,(H,27,32). The van der Waals surface area contributed by atoms with Crippen LogP contribution in [-0.2, 0) is 9.59 Å². The van der Waals surface area contributed by atoms with Gasteiger partial charge in [0, 0.05) is 23.7 Å². The van der Waals surface area contributed by atoms with E-state index in [0.717, 1.165) is 11.3 Å². The highest BCUT2D eigenvalue weighted by Crippen LogP contribution is 2.33. The van der Waals surface area contributed by atoms with Crippen LogP contribution in [0.5, 0.6) is 0 Å². The number of nitrogens with zero attached hydrogens (tertiary/aromatic N) is 4. The molecule has 0 saturated carbocycles. The summed E-state index contributed by atoms with van der Waals surface area (Å²) in [6, 6.07) is 26.9. The molecule has 0 bridgehead atoms. The second-order valence-corrected chi connectivity index (χ2v) is 8.96. The molecule has 34 heavy (non-hydrogen) atoms. The zero-order chi connectivity index (χ0) is 23.5. The molecule has 0 aliphatic carbocycles. The molecule has 0 fully saturated rings. The van der Waals surface area contributed by atoms with E-state index >= 15 is 0 Å². The number of carbonyl (C=O) groups excluding carboxylic acids is 2. The third kappa shape index (κ3) is 4.32. The fourth-order valence-corrected chi connectivity index (χ4v) is 4.92. The first-order valence-electron chi connectivity index (χ1n) is 11.0. The average molecular weight is 470 g/mol. The molecule has 1 aromatic heterocycles. The monoisotopic (exact) mass is 469 g/mol. The number of benzene rings is 3. The number of fused-ring (bicyclic) bond motifs is 1. The topological polar surface area (TPSA) is 80.1 Å². The molecule has 2 amide bonds. The van der Waals surface area contributed by atoms with Crippen LogP contribution in [0.3, 0.4) is 0 Å². The summed E-state index contributed by atoms with van der Waals surface area (Å²) < 4.78 is 1.97. The summed E-state index contributed by atoms with van der Waals surface area (Å²) in [7, 11) is 0. The van der Waals surface area contributed by atoms with Crippen molar-refractivity contribution in [1.29, 1.82) is 0 Å². The van der Waals surface area contributed by atoms with Crippen LogP contribution in [0.1, 0.15) is 13.3 Å².